The lowest BCUT2D eigenvalue weighted by molar-refractivity contribution is -0.138. The Balaban J connectivity index is 1.52. The zero-order valence-corrected chi connectivity index (χ0v) is 15.2. The van der Waals surface area contributed by atoms with Gasteiger partial charge in [0.15, 0.2) is 0 Å². The highest BCUT2D eigenvalue weighted by Crippen LogP contribution is 2.33. The van der Waals surface area contributed by atoms with Crippen LogP contribution in [0.2, 0.25) is 0 Å². The summed E-state index contributed by atoms with van der Waals surface area (Å²) in [5.41, 5.74) is -0.206. The van der Waals surface area contributed by atoms with E-state index >= 15 is 0 Å². The highest BCUT2D eigenvalue weighted by atomic mass is 19.4. The van der Waals surface area contributed by atoms with Gasteiger partial charge in [0.2, 0.25) is 5.91 Å². The second-order valence-corrected chi connectivity index (χ2v) is 7.09. The number of carbonyl (C=O) groups is 1. The van der Waals surface area contributed by atoms with Gasteiger partial charge in [-0.15, -0.1) is 0 Å². The number of nitrogens with zero attached hydrogens (tertiary/aromatic N) is 3. The largest absolute Gasteiger partial charge is 0.416 e. The summed E-state index contributed by atoms with van der Waals surface area (Å²) in [6, 6.07) is 5.77. The maximum atomic E-state index is 13.1. The summed E-state index contributed by atoms with van der Waals surface area (Å²) in [6.07, 6.45) is 4.20. The zero-order valence-electron chi connectivity index (χ0n) is 15.2. The minimum Gasteiger partial charge on any atom is -0.342 e. The van der Waals surface area contributed by atoms with E-state index in [1.54, 1.807) is 24.7 Å². The normalized spacial score (nSPS) is 17.9. The van der Waals surface area contributed by atoms with E-state index in [0.29, 0.717) is 37.9 Å². The highest BCUT2D eigenvalue weighted by molar-refractivity contribution is 5.76. The van der Waals surface area contributed by atoms with Gasteiger partial charge in [-0.2, -0.15) is 13.2 Å². The summed E-state index contributed by atoms with van der Waals surface area (Å²) in [5.74, 6) is 0.348. The number of imidazole rings is 1. The molecule has 0 bridgehead atoms. The van der Waals surface area contributed by atoms with Gasteiger partial charge in [-0.05, 0) is 43.2 Å². The summed E-state index contributed by atoms with van der Waals surface area (Å²) in [7, 11) is 0. The molecule has 0 aliphatic carbocycles. The Morgan fingerprint density at radius 2 is 2.07 bits per heavy atom. The lowest BCUT2D eigenvalue weighted by Gasteiger charge is -2.33. The van der Waals surface area contributed by atoms with Crippen molar-refractivity contribution in [3.05, 3.63) is 54.1 Å². The van der Waals surface area contributed by atoms with Crippen LogP contribution in [-0.4, -0.2) is 33.4 Å². The smallest absolute Gasteiger partial charge is 0.342 e. The van der Waals surface area contributed by atoms with Gasteiger partial charge in [-0.25, -0.2) is 4.98 Å². The van der Waals surface area contributed by atoms with Gasteiger partial charge in [-0.3, -0.25) is 4.79 Å². The van der Waals surface area contributed by atoms with Crippen molar-refractivity contribution in [2.45, 2.75) is 44.8 Å². The first-order valence-corrected chi connectivity index (χ1v) is 9.32. The van der Waals surface area contributed by atoms with Crippen LogP contribution in [0, 0.1) is 5.92 Å². The van der Waals surface area contributed by atoms with E-state index in [4.69, 9.17) is 0 Å². The van der Waals surface area contributed by atoms with Gasteiger partial charge in [0, 0.05) is 38.4 Å². The predicted molar refractivity (Wildman–Crippen MR) is 95.9 cm³/mol. The summed E-state index contributed by atoms with van der Waals surface area (Å²) in [6.45, 7) is 1.97. The molecular formula is C20H24F3N3O. The quantitative estimate of drug-likeness (QED) is 0.756. The molecule has 0 N–H and O–H groups in total. The standard InChI is InChI=1S/C20H24F3N3O/c21-20(22,23)18-6-2-1-5-17(18)8-7-16-4-3-11-26(14-16)19(27)9-12-25-13-10-24-15-25/h1-2,5-6,10,13,15-16H,3-4,7-9,11-12,14H2. The van der Waals surface area contributed by atoms with E-state index in [0.717, 1.165) is 25.5 Å². The van der Waals surface area contributed by atoms with Crippen molar-refractivity contribution in [3.63, 3.8) is 0 Å². The first kappa shape index (κ1) is 19.5. The Hall–Kier alpha value is -2.31. The molecule has 4 nitrogen and oxygen atoms in total. The third-order valence-electron chi connectivity index (χ3n) is 5.16. The topological polar surface area (TPSA) is 38.1 Å². The number of aryl methyl sites for hydroxylation is 2. The van der Waals surface area contributed by atoms with Crippen LogP contribution in [0.4, 0.5) is 13.2 Å². The Kier molecular flexibility index (Phi) is 6.19. The second-order valence-electron chi connectivity index (χ2n) is 7.09. The number of benzene rings is 1. The van der Waals surface area contributed by atoms with E-state index in [1.807, 2.05) is 15.7 Å². The fourth-order valence-corrected chi connectivity index (χ4v) is 3.70. The summed E-state index contributed by atoms with van der Waals surface area (Å²) in [5, 5.41) is 0. The number of likely N-dealkylation sites (tertiary alicyclic amines) is 1. The Labute approximate surface area is 157 Å². The molecule has 0 spiro atoms. The van der Waals surface area contributed by atoms with E-state index in [2.05, 4.69) is 4.98 Å². The Morgan fingerprint density at radius 3 is 2.81 bits per heavy atom. The molecule has 27 heavy (non-hydrogen) atoms. The minimum atomic E-state index is -4.32. The molecule has 1 fully saturated rings. The minimum absolute atomic E-state index is 0.101. The molecule has 2 heterocycles. The lowest BCUT2D eigenvalue weighted by Crippen LogP contribution is -2.40. The number of piperidine rings is 1. The van der Waals surface area contributed by atoms with Gasteiger partial charge < -0.3 is 9.47 Å². The third-order valence-corrected chi connectivity index (χ3v) is 5.16. The number of alkyl halides is 3. The van der Waals surface area contributed by atoms with Crippen LogP contribution < -0.4 is 0 Å². The molecular weight excluding hydrogens is 355 g/mol. The Morgan fingerprint density at radius 1 is 1.26 bits per heavy atom. The fourth-order valence-electron chi connectivity index (χ4n) is 3.70. The summed E-state index contributed by atoms with van der Waals surface area (Å²) >= 11 is 0. The van der Waals surface area contributed by atoms with Crippen molar-refractivity contribution >= 4 is 5.91 Å². The SMILES string of the molecule is O=C(CCn1ccnc1)N1CCCC(CCc2ccccc2C(F)(F)F)C1. The van der Waals surface area contributed by atoms with Gasteiger partial charge >= 0.3 is 6.18 Å². The average molecular weight is 379 g/mol. The molecule has 1 amide bonds. The van der Waals surface area contributed by atoms with E-state index in [9.17, 15) is 18.0 Å². The number of carbonyl (C=O) groups excluding carboxylic acids is 1. The van der Waals surface area contributed by atoms with E-state index in [-0.39, 0.29) is 11.8 Å². The molecule has 0 radical (unpaired) electrons. The second kappa shape index (κ2) is 8.59. The number of halogens is 3. The van der Waals surface area contributed by atoms with Crippen molar-refractivity contribution < 1.29 is 18.0 Å². The van der Waals surface area contributed by atoms with E-state index < -0.39 is 11.7 Å². The first-order chi connectivity index (χ1) is 12.9. The molecule has 7 heteroatoms. The number of rotatable bonds is 6. The summed E-state index contributed by atoms with van der Waals surface area (Å²) < 4.78 is 41.2. The van der Waals surface area contributed by atoms with Crippen molar-refractivity contribution in [1.29, 1.82) is 0 Å². The number of amides is 1. The van der Waals surface area contributed by atoms with Crippen LogP contribution >= 0.6 is 0 Å². The van der Waals surface area contributed by atoms with Crippen molar-refractivity contribution in [1.82, 2.24) is 14.5 Å². The van der Waals surface area contributed by atoms with Crippen LogP contribution in [-0.2, 0) is 23.9 Å². The van der Waals surface area contributed by atoms with Gasteiger partial charge in [0.25, 0.3) is 0 Å². The number of hydrogen-bond donors (Lipinski definition) is 0. The average Bonchev–Trinajstić information content (AvgIpc) is 3.18. The molecule has 1 aliphatic heterocycles. The van der Waals surface area contributed by atoms with Crippen molar-refractivity contribution in [3.8, 4) is 0 Å². The molecule has 0 saturated carbocycles. The molecule has 1 aromatic heterocycles. The first-order valence-electron chi connectivity index (χ1n) is 9.32. The molecule has 1 saturated heterocycles. The zero-order chi connectivity index (χ0) is 19.3. The van der Waals surface area contributed by atoms with Crippen LogP contribution in [0.5, 0.6) is 0 Å². The van der Waals surface area contributed by atoms with Gasteiger partial charge in [0.1, 0.15) is 0 Å². The van der Waals surface area contributed by atoms with E-state index in [1.165, 1.54) is 6.07 Å². The Bertz CT molecular complexity index is 743. The monoisotopic (exact) mass is 379 g/mol. The maximum Gasteiger partial charge on any atom is 0.416 e. The lowest BCUT2D eigenvalue weighted by atomic mass is 9.90. The van der Waals surface area contributed by atoms with Crippen molar-refractivity contribution in [2.75, 3.05) is 13.1 Å². The van der Waals surface area contributed by atoms with Crippen LogP contribution in [0.1, 0.15) is 36.8 Å². The van der Waals surface area contributed by atoms with Gasteiger partial charge in [-0.1, -0.05) is 18.2 Å². The fraction of sp³-hybridized carbons (Fsp3) is 0.500. The molecule has 1 aliphatic rings. The van der Waals surface area contributed by atoms with Crippen LogP contribution in [0.15, 0.2) is 43.0 Å². The van der Waals surface area contributed by atoms with Crippen LogP contribution in [0.3, 0.4) is 0 Å². The number of hydrogen-bond acceptors (Lipinski definition) is 2. The third kappa shape index (κ3) is 5.34. The van der Waals surface area contributed by atoms with Gasteiger partial charge in [0.05, 0.1) is 11.9 Å². The maximum absolute atomic E-state index is 13.1. The molecule has 1 atom stereocenters. The molecule has 3 rings (SSSR count). The molecule has 146 valence electrons. The molecule has 2 aromatic rings. The summed E-state index contributed by atoms with van der Waals surface area (Å²) in [4.78, 5) is 18.3. The van der Waals surface area contributed by atoms with Crippen LogP contribution in [0.25, 0.3) is 0 Å². The molecule has 1 unspecified atom stereocenters. The van der Waals surface area contributed by atoms with Crippen molar-refractivity contribution in [2.24, 2.45) is 5.92 Å². The molecule has 1 aromatic carbocycles. The highest BCUT2D eigenvalue weighted by Gasteiger charge is 2.33. The number of aromatic nitrogens is 2. The predicted octanol–water partition coefficient (Wildman–Crippen LogP) is 4.16.